The van der Waals surface area contributed by atoms with Gasteiger partial charge in [0.25, 0.3) is 0 Å². The van der Waals surface area contributed by atoms with Gasteiger partial charge in [0.05, 0.1) is 30.0 Å². The van der Waals surface area contributed by atoms with Crippen LogP contribution in [0.3, 0.4) is 0 Å². The van der Waals surface area contributed by atoms with E-state index >= 15 is 0 Å². The number of fused-ring (bicyclic) bond motifs is 1. The van der Waals surface area contributed by atoms with Gasteiger partial charge in [-0.15, -0.1) is 16.4 Å². The van der Waals surface area contributed by atoms with Gasteiger partial charge >= 0.3 is 0 Å². The molecule has 0 unspecified atom stereocenters. The topological polar surface area (TPSA) is 58.3 Å². The van der Waals surface area contributed by atoms with E-state index in [1.807, 2.05) is 28.4 Å². The molecule has 1 saturated heterocycles. The summed E-state index contributed by atoms with van der Waals surface area (Å²) < 4.78 is 1.89. The van der Waals surface area contributed by atoms with E-state index in [-0.39, 0.29) is 0 Å². The zero-order valence-corrected chi connectivity index (χ0v) is 16.3. The molecule has 7 heteroatoms. The molecule has 0 amide bonds. The second kappa shape index (κ2) is 7.69. The second-order valence-electron chi connectivity index (χ2n) is 7.12. The third kappa shape index (κ3) is 3.50. The SMILES string of the molecule is c1ccc(CNc2ccc3c([C@H]4CCCN4Cc4nccs4)nnn3c2)cc1. The molecule has 1 aliphatic rings. The van der Waals surface area contributed by atoms with Crippen molar-refractivity contribution in [1.82, 2.24) is 24.7 Å². The maximum Gasteiger partial charge on any atom is 0.108 e. The van der Waals surface area contributed by atoms with Gasteiger partial charge in [-0.05, 0) is 37.1 Å². The number of nitrogens with zero attached hydrogens (tertiary/aromatic N) is 5. The van der Waals surface area contributed by atoms with E-state index in [0.717, 1.165) is 48.0 Å². The lowest BCUT2D eigenvalue weighted by molar-refractivity contribution is 0.245. The Bertz CT molecular complexity index is 1040. The molecular weight excluding hydrogens is 368 g/mol. The predicted octanol–water partition coefficient (Wildman–Crippen LogP) is 4.14. The average Bonchev–Trinajstić information content (AvgIpc) is 3.48. The molecule has 6 nitrogen and oxygen atoms in total. The highest BCUT2D eigenvalue weighted by atomic mass is 32.1. The molecule has 28 heavy (non-hydrogen) atoms. The fourth-order valence-corrected chi connectivity index (χ4v) is 4.53. The van der Waals surface area contributed by atoms with Crippen molar-refractivity contribution < 1.29 is 0 Å². The van der Waals surface area contributed by atoms with E-state index < -0.39 is 0 Å². The Balaban J connectivity index is 1.34. The largest absolute Gasteiger partial charge is 0.380 e. The zero-order chi connectivity index (χ0) is 18.8. The number of nitrogens with one attached hydrogen (secondary N) is 1. The van der Waals surface area contributed by atoms with Crippen molar-refractivity contribution in [2.45, 2.75) is 32.0 Å². The van der Waals surface area contributed by atoms with Gasteiger partial charge in [0.15, 0.2) is 0 Å². The summed E-state index contributed by atoms with van der Waals surface area (Å²) in [4.78, 5) is 6.92. The molecule has 1 aromatic carbocycles. The summed E-state index contributed by atoms with van der Waals surface area (Å²) in [7, 11) is 0. The van der Waals surface area contributed by atoms with Crippen molar-refractivity contribution >= 4 is 22.5 Å². The Hall–Kier alpha value is -2.77. The van der Waals surface area contributed by atoms with Gasteiger partial charge in [0.2, 0.25) is 0 Å². The number of benzene rings is 1. The Morgan fingerprint density at radius 2 is 2.07 bits per heavy atom. The molecule has 4 aromatic rings. The molecule has 1 N–H and O–H groups in total. The van der Waals surface area contributed by atoms with Crippen LogP contribution in [0.15, 0.2) is 60.2 Å². The summed E-state index contributed by atoms with van der Waals surface area (Å²) in [5.74, 6) is 0. The van der Waals surface area contributed by atoms with Gasteiger partial charge in [-0.3, -0.25) is 4.90 Å². The molecule has 0 aliphatic carbocycles. The Kier molecular flexibility index (Phi) is 4.76. The average molecular weight is 391 g/mol. The molecule has 3 aromatic heterocycles. The quantitative estimate of drug-likeness (QED) is 0.536. The van der Waals surface area contributed by atoms with E-state index in [2.05, 4.69) is 61.9 Å². The van der Waals surface area contributed by atoms with Crippen molar-refractivity contribution in [2.24, 2.45) is 0 Å². The van der Waals surface area contributed by atoms with Crippen LogP contribution in [0.1, 0.15) is 35.1 Å². The molecule has 1 atom stereocenters. The summed E-state index contributed by atoms with van der Waals surface area (Å²) in [5.41, 5.74) is 4.45. The van der Waals surface area contributed by atoms with Crippen molar-refractivity contribution in [3.05, 3.63) is 76.5 Å². The third-order valence-corrected chi connectivity index (χ3v) is 6.05. The van der Waals surface area contributed by atoms with Crippen molar-refractivity contribution in [1.29, 1.82) is 0 Å². The van der Waals surface area contributed by atoms with Gasteiger partial charge in [-0.1, -0.05) is 35.5 Å². The highest BCUT2D eigenvalue weighted by Crippen LogP contribution is 2.34. The summed E-state index contributed by atoms with van der Waals surface area (Å²) in [6, 6.07) is 14.9. The number of anilines is 1. The molecule has 1 aliphatic heterocycles. The van der Waals surface area contributed by atoms with Gasteiger partial charge < -0.3 is 5.32 Å². The van der Waals surface area contributed by atoms with E-state index in [9.17, 15) is 0 Å². The van der Waals surface area contributed by atoms with E-state index in [1.165, 1.54) is 12.0 Å². The number of hydrogen-bond donors (Lipinski definition) is 1. The number of hydrogen-bond acceptors (Lipinski definition) is 6. The molecule has 4 heterocycles. The molecule has 0 spiro atoms. The first kappa shape index (κ1) is 17.3. The first-order valence-electron chi connectivity index (χ1n) is 9.62. The molecule has 5 rings (SSSR count). The van der Waals surface area contributed by atoms with Crippen LogP contribution >= 0.6 is 11.3 Å². The number of rotatable bonds is 6. The van der Waals surface area contributed by atoms with E-state index in [0.29, 0.717) is 6.04 Å². The van der Waals surface area contributed by atoms with Crippen LogP contribution in [0.4, 0.5) is 5.69 Å². The monoisotopic (exact) mass is 390 g/mol. The number of thiazole rings is 1. The van der Waals surface area contributed by atoms with Crippen molar-refractivity contribution in [3.8, 4) is 0 Å². The first-order valence-corrected chi connectivity index (χ1v) is 10.5. The van der Waals surface area contributed by atoms with Gasteiger partial charge in [-0.25, -0.2) is 9.50 Å². The molecule has 0 saturated carbocycles. The van der Waals surface area contributed by atoms with E-state index in [1.54, 1.807) is 11.3 Å². The maximum absolute atomic E-state index is 4.54. The van der Waals surface area contributed by atoms with Crippen molar-refractivity contribution in [2.75, 3.05) is 11.9 Å². The molecule has 0 bridgehead atoms. The summed E-state index contributed by atoms with van der Waals surface area (Å²) in [6.45, 7) is 2.76. The lowest BCUT2D eigenvalue weighted by Gasteiger charge is -2.21. The van der Waals surface area contributed by atoms with Crippen LogP contribution in [-0.4, -0.2) is 31.3 Å². The normalized spacial score (nSPS) is 17.4. The van der Waals surface area contributed by atoms with Crippen LogP contribution in [0.2, 0.25) is 0 Å². The van der Waals surface area contributed by atoms with E-state index in [4.69, 9.17) is 0 Å². The highest BCUT2D eigenvalue weighted by molar-refractivity contribution is 7.09. The molecule has 0 radical (unpaired) electrons. The van der Waals surface area contributed by atoms with Crippen LogP contribution < -0.4 is 5.32 Å². The van der Waals surface area contributed by atoms with Crippen LogP contribution in [-0.2, 0) is 13.1 Å². The van der Waals surface area contributed by atoms with Crippen LogP contribution in [0.25, 0.3) is 5.52 Å². The molecular formula is C21H22N6S. The molecule has 142 valence electrons. The Morgan fingerprint density at radius 3 is 2.93 bits per heavy atom. The fraction of sp³-hybridized carbons (Fsp3) is 0.286. The van der Waals surface area contributed by atoms with Gasteiger partial charge in [0, 0.05) is 18.1 Å². The Labute approximate surface area is 167 Å². The smallest absolute Gasteiger partial charge is 0.108 e. The van der Waals surface area contributed by atoms with Crippen LogP contribution in [0.5, 0.6) is 0 Å². The maximum atomic E-state index is 4.54. The minimum Gasteiger partial charge on any atom is -0.380 e. The summed E-state index contributed by atoms with van der Waals surface area (Å²) in [5, 5.41) is 15.6. The zero-order valence-electron chi connectivity index (χ0n) is 15.5. The van der Waals surface area contributed by atoms with Crippen molar-refractivity contribution in [3.63, 3.8) is 0 Å². The first-order chi connectivity index (χ1) is 13.9. The number of aromatic nitrogens is 4. The molecule has 1 fully saturated rings. The summed E-state index contributed by atoms with van der Waals surface area (Å²) >= 11 is 1.72. The second-order valence-corrected chi connectivity index (χ2v) is 8.09. The predicted molar refractivity (Wildman–Crippen MR) is 111 cm³/mol. The van der Waals surface area contributed by atoms with Gasteiger partial charge in [0.1, 0.15) is 10.7 Å². The number of likely N-dealkylation sites (tertiary alicyclic amines) is 1. The van der Waals surface area contributed by atoms with Crippen LogP contribution in [0, 0.1) is 0 Å². The fourth-order valence-electron chi connectivity index (χ4n) is 3.89. The lowest BCUT2D eigenvalue weighted by atomic mass is 10.1. The standard InChI is InChI=1S/C21H22N6S/c1-2-5-16(6-3-1)13-23-17-8-9-19-21(24-25-27(19)14-17)18-7-4-11-26(18)15-20-22-10-12-28-20/h1-3,5-6,8-10,12,14,18,23H,4,7,11,13,15H2/t18-/m1/s1. The lowest BCUT2D eigenvalue weighted by Crippen LogP contribution is -2.23. The van der Waals surface area contributed by atoms with Gasteiger partial charge in [-0.2, -0.15) is 0 Å². The number of pyridine rings is 1. The highest BCUT2D eigenvalue weighted by Gasteiger charge is 2.30. The summed E-state index contributed by atoms with van der Waals surface area (Å²) in [6.07, 6.45) is 6.21. The third-order valence-electron chi connectivity index (χ3n) is 5.28. The minimum absolute atomic E-state index is 0.310. The Morgan fingerprint density at radius 1 is 1.14 bits per heavy atom. The minimum atomic E-state index is 0.310.